The van der Waals surface area contributed by atoms with Gasteiger partial charge in [-0.3, -0.25) is 9.69 Å². The fourth-order valence-electron chi connectivity index (χ4n) is 3.17. The molecule has 0 aliphatic heterocycles. The number of rotatable bonds is 8. The lowest BCUT2D eigenvalue weighted by Gasteiger charge is -2.30. The van der Waals surface area contributed by atoms with E-state index in [-0.39, 0.29) is 24.9 Å². The summed E-state index contributed by atoms with van der Waals surface area (Å²) >= 11 is 0. The van der Waals surface area contributed by atoms with Crippen LogP contribution in [0.15, 0.2) is 42.5 Å². The molecule has 0 saturated heterocycles. The molecule has 0 N–H and O–H groups in total. The van der Waals surface area contributed by atoms with E-state index in [4.69, 9.17) is 10.5 Å². The van der Waals surface area contributed by atoms with Crippen LogP contribution in [0.1, 0.15) is 42.5 Å². The van der Waals surface area contributed by atoms with E-state index in [0.717, 1.165) is 22.4 Å². The molecule has 0 atom stereocenters. The third-order valence-corrected chi connectivity index (χ3v) is 5.15. The van der Waals surface area contributed by atoms with Crippen molar-refractivity contribution in [2.24, 2.45) is 0 Å². The summed E-state index contributed by atoms with van der Waals surface area (Å²) in [5.74, 6) is -0.0173. The summed E-state index contributed by atoms with van der Waals surface area (Å²) in [4.78, 5) is 17.1. The number of aryl methyl sites for hydroxylation is 1. The summed E-state index contributed by atoms with van der Waals surface area (Å²) in [7, 11) is 0. The summed E-state index contributed by atoms with van der Waals surface area (Å²) in [6, 6.07) is 17.8. The van der Waals surface area contributed by atoms with Crippen LogP contribution in [-0.2, 0) is 11.3 Å². The summed E-state index contributed by atoms with van der Waals surface area (Å²) in [5, 5.41) is 18.0. The maximum Gasteiger partial charge on any atom is 0.241 e. The Balaban J connectivity index is 2.22. The van der Waals surface area contributed by atoms with Crippen LogP contribution in [0.5, 0.6) is 0 Å². The highest BCUT2D eigenvalue weighted by Crippen LogP contribution is 2.24. The van der Waals surface area contributed by atoms with Gasteiger partial charge in [0.15, 0.2) is 0 Å². The van der Waals surface area contributed by atoms with Gasteiger partial charge in [-0.2, -0.15) is 10.5 Å². The molecular weight excluding hydrogens is 360 g/mol. The topological polar surface area (TPSA) is 71.1 Å². The fourth-order valence-corrected chi connectivity index (χ4v) is 3.17. The Kier molecular flexibility index (Phi) is 7.95. The van der Waals surface area contributed by atoms with Gasteiger partial charge in [-0.25, -0.2) is 0 Å². The molecule has 2 aromatic carbocycles. The smallest absolute Gasteiger partial charge is 0.241 e. The molecule has 0 aliphatic carbocycles. The Morgan fingerprint density at radius 1 is 1.07 bits per heavy atom. The molecule has 0 heterocycles. The molecular formula is C24H28N4O. The largest absolute Gasteiger partial charge is 0.310 e. The molecule has 2 aromatic rings. The maximum absolute atomic E-state index is 13.3. The zero-order valence-electron chi connectivity index (χ0n) is 17.6. The van der Waals surface area contributed by atoms with Gasteiger partial charge < -0.3 is 4.90 Å². The zero-order valence-corrected chi connectivity index (χ0v) is 17.6. The number of amides is 1. The maximum atomic E-state index is 13.3. The number of benzene rings is 2. The van der Waals surface area contributed by atoms with Crippen LogP contribution in [0, 0.1) is 36.5 Å². The number of carbonyl (C=O) groups is 1. The predicted molar refractivity (Wildman–Crippen MR) is 115 cm³/mol. The minimum absolute atomic E-state index is 0.0173. The van der Waals surface area contributed by atoms with E-state index in [1.807, 2.05) is 44.2 Å². The first-order chi connectivity index (χ1) is 13.9. The molecule has 5 nitrogen and oxygen atoms in total. The third kappa shape index (κ3) is 5.91. The molecule has 29 heavy (non-hydrogen) atoms. The Labute approximate surface area is 173 Å². The second-order valence-electron chi connectivity index (χ2n) is 7.48. The fraction of sp³-hybridized carbons (Fsp3) is 0.375. The van der Waals surface area contributed by atoms with Crippen molar-refractivity contribution in [3.8, 4) is 12.1 Å². The van der Waals surface area contributed by atoms with E-state index in [1.54, 1.807) is 17.0 Å². The first kappa shape index (κ1) is 22.1. The number of hydrogen-bond acceptors (Lipinski definition) is 4. The van der Waals surface area contributed by atoms with Crippen LogP contribution < -0.4 is 4.90 Å². The molecule has 0 fully saturated rings. The Hall–Kier alpha value is -3.15. The lowest BCUT2D eigenvalue weighted by atomic mass is 10.1. The van der Waals surface area contributed by atoms with Crippen LogP contribution in [0.2, 0.25) is 0 Å². The second kappa shape index (κ2) is 10.4. The molecule has 0 unspecified atom stereocenters. The van der Waals surface area contributed by atoms with Crippen LogP contribution >= 0.6 is 0 Å². The van der Waals surface area contributed by atoms with Gasteiger partial charge in [-0.15, -0.1) is 0 Å². The van der Waals surface area contributed by atoms with Gasteiger partial charge in [0.1, 0.15) is 0 Å². The third-order valence-electron chi connectivity index (χ3n) is 5.15. The average Bonchev–Trinajstić information content (AvgIpc) is 2.71. The monoisotopic (exact) mass is 388 g/mol. The summed E-state index contributed by atoms with van der Waals surface area (Å²) in [5.41, 5.74) is 4.73. The number of anilines is 1. The van der Waals surface area contributed by atoms with Crippen LogP contribution in [0.4, 0.5) is 5.69 Å². The van der Waals surface area contributed by atoms with Gasteiger partial charge >= 0.3 is 0 Å². The molecule has 0 spiro atoms. The van der Waals surface area contributed by atoms with Crippen molar-refractivity contribution in [3.63, 3.8) is 0 Å². The molecule has 1 amide bonds. The van der Waals surface area contributed by atoms with Gasteiger partial charge in [-0.1, -0.05) is 24.3 Å². The first-order valence-corrected chi connectivity index (χ1v) is 9.84. The molecule has 0 saturated carbocycles. The summed E-state index contributed by atoms with van der Waals surface area (Å²) in [6.07, 6.45) is 0.288. The standard InChI is InChI=1S/C24H28N4O/c1-18(2)27(16-22-11-9-21(15-26)10-12-22)17-24(29)28(14-6-13-25)23-8-5-7-19(3)20(23)4/h5,7-12,18H,6,14,16-17H2,1-4H3. The van der Waals surface area contributed by atoms with E-state index in [2.05, 4.69) is 30.9 Å². The zero-order chi connectivity index (χ0) is 21.4. The van der Waals surface area contributed by atoms with E-state index in [1.165, 1.54) is 0 Å². The molecule has 2 rings (SSSR count). The van der Waals surface area contributed by atoms with Gasteiger partial charge in [0.05, 0.1) is 30.7 Å². The first-order valence-electron chi connectivity index (χ1n) is 9.84. The van der Waals surface area contributed by atoms with Crippen molar-refractivity contribution in [2.45, 2.75) is 46.7 Å². The van der Waals surface area contributed by atoms with Crippen LogP contribution in [-0.4, -0.2) is 29.9 Å². The summed E-state index contributed by atoms with van der Waals surface area (Å²) < 4.78 is 0. The number of nitrogens with zero attached hydrogens (tertiary/aromatic N) is 4. The van der Waals surface area contributed by atoms with Crippen molar-refractivity contribution in [3.05, 3.63) is 64.7 Å². The van der Waals surface area contributed by atoms with Gasteiger partial charge in [-0.05, 0) is 62.6 Å². The molecule has 0 aromatic heterocycles. The molecule has 0 radical (unpaired) electrons. The minimum Gasteiger partial charge on any atom is -0.310 e. The quantitative estimate of drug-likeness (QED) is 0.675. The van der Waals surface area contributed by atoms with Crippen molar-refractivity contribution in [1.29, 1.82) is 10.5 Å². The van der Waals surface area contributed by atoms with E-state index in [0.29, 0.717) is 18.7 Å². The Morgan fingerprint density at radius 3 is 2.34 bits per heavy atom. The van der Waals surface area contributed by atoms with E-state index < -0.39 is 0 Å². The van der Waals surface area contributed by atoms with Crippen LogP contribution in [0.25, 0.3) is 0 Å². The van der Waals surface area contributed by atoms with Crippen molar-refractivity contribution in [2.75, 3.05) is 18.0 Å². The van der Waals surface area contributed by atoms with Gasteiger partial charge in [0.2, 0.25) is 5.91 Å². The van der Waals surface area contributed by atoms with E-state index >= 15 is 0 Å². The van der Waals surface area contributed by atoms with Crippen molar-refractivity contribution in [1.82, 2.24) is 4.90 Å². The highest BCUT2D eigenvalue weighted by atomic mass is 16.2. The molecule has 0 aliphatic rings. The number of carbonyl (C=O) groups excluding carboxylic acids is 1. The lowest BCUT2D eigenvalue weighted by molar-refractivity contribution is -0.120. The normalized spacial score (nSPS) is 10.6. The average molecular weight is 389 g/mol. The van der Waals surface area contributed by atoms with Gasteiger partial charge in [0, 0.05) is 24.8 Å². The number of nitriles is 2. The highest BCUT2D eigenvalue weighted by molar-refractivity contribution is 5.95. The second-order valence-corrected chi connectivity index (χ2v) is 7.48. The molecule has 150 valence electrons. The Morgan fingerprint density at radius 2 is 1.76 bits per heavy atom. The Bertz CT molecular complexity index is 919. The molecule has 0 bridgehead atoms. The molecule has 5 heteroatoms. The van der Waals surface area contributed by atoms with Crippen molar-refractivity contribution >= 4 is 11.6 Å². The summed E-state index contributed by atoms with van der Waals surface area (Å²) in [6.45, 7) is 9.42. The minimum atomic E-state index is -0.0173. The van der Waals surface area contributed by atoms with E-state index in [9.17, 15) is 4.79 Å². The predicted octanol–water partition coefficient (Wildman–Crippen LogP) is 4.33. The SMILES string of the molecule is Cc1cccc(N(CCC#N)C(=O)CN(Cc2ccc(C#N)cc2)C(C)C)c1C. The van der Waals surface area contributed by atoms with Gasteiger partial charge in [0.25, 0.3) is 0 Å². The highest BCUT2D eigenvalue weighted by Gasteiger charge is 2.22. The van der Waals surface area contributed by atoms with Crippen molar-refractivity contribution < 1.29 is 4.79 Å². The van der Waals surface area contributed by atoms with Crippen LogP contribution in [0.3, 0.4) is 0 Å². The lowest BCUT2D eigenvalue weighted by Crippen LogP contribution is -2.43. The number of hydrogen-bond donors (Lipinski definition) is 0.